The van der Waals surface area contributed by atoms with Crippen LogP contribution in [0.25, 0.3) is 0 Å². The summed E-state index contributed by atoms with van der Waals surface area (Å²) in [5.41, 5.74) is 1.81. The highest BCUT2D eigenvalue weighted by Gasteiger charge is 2.21. The van der Waals surface area contributed by atoms with E-state index in [2.05, 4.69) is 10.2 Å². The van der Waals surface area contributed by atoms with E-state index in [1.165, 1.54) is 17.7 Å². The first-order valence-electron chi connectivity index (χ1n) is 7.88. The summed E-state index contributed by atoms with van der Waals surface area (Å²) < 4.78 is 12.9. The summed E-state index contributed by atoms with van der Waals surface area (Å²) in [6.07, 6.45) is 0. The van der Waals surface area contributed by atoms with E-state index in [4.69, 9.17) is 11.6 Å². The van der Waals surface area contributed by atoms with E-state index < -0.39 is 0 Å². The minimum absolute atomic E-state index is 0.146. The largest absolute Gasteiger partial charge is 0.322 e. The van der Waals surface area contributed by atoms with Gasteiger partial charge < -0.3 is 10.2 Å². The second kappa shape index (κ2) is 7.64. The number of nitrogens with zero attached hydrogens (tertiary/aromatic N) is 2. The van der Waals surface area contributed by atoms with Gasteiger partial charge in [-0.2, -0.15) is 0 Å². The van der Waals surface area contributed by atoms with E-state index in [0.717, 1.165) is 24.7 Å². The van der Waals surface area contributed by atoms with Crippen molar-refractivity contribution >= 4 is 23.3 Å². The first kappa shape index (κ1) is 16.7. The molecule has 0 unspecified atom stereocenters. The second-order valence-corrected chi connectivity index (χ2v) is 6.26. The molecule has 0 bridgehead atoms. The number of carbonyl (C=O) groups is 1. The zero-order valence-corrected chi connectivity index (χ0v) is 14.0. The maximum atomic E-state index is 12.9. The van der Waals surface area contributed by atoms with Crippen LogP contribution in [-0.4, -0.2) is 42.0 Å². The first-order chi connectivity index (χ1) is 11.6. The highest BCUT2D eigenvalue weighted by atomic mass is 35.5. The summed E-state index contributed by atoms with van der Waals surface area (Å²) in [5, 5.41) is 3.53. The molecule has 4 nitrogen and oxygen atoms in total. The van der Waals surface area contributed by atoms with Crippen molar-refractivity contribution in [1.82, 2.24) is 9.80 Å². The zero-order valence-electron chi connectivity index (χ0n) is 13.2. The molecule has 1 fully saturated rings. The molecule has 0 spiro atoms. The molecule has 1 aliphatic heterocycles. The van der Waals surface area contributed by atoms with Gasteiger partial charge in [0.15, 0.2) is 0 Å². The molecular formula is C18H19ClFN3O. The lowest BCUT2D eigenvalue weighted by Gasteiger charge is -2.34. The van der Waals surface area contributed by atoms with Gasteiger partial charge in [-0.25, -0.2) is 9.18 Å². The predicted molar refractivity (Wildman–Crippen MR) is 93.7 cm³/mol. The van der Waals surface area contributed by atoms with Crippen molar-refractivity contribution in [3.05, 3.63) is 64.9 Å². The van der Waals surface area contributed by atoms with Crippen molar-refractivity contribution in [1.29, 1.82) is 0 Å². The van der Waals surface area contributed by atoms with Gasteiger partial charge in [0, 0.05) is 43.4 Å². The Morgan fingerprint density at radius 3 is 2.25 bits per heavy atom. The molecule has 1 saturated heterocycles. The first-order valence-corrected chi connectivity index (χ1v) is 8.26. The molecule has 0 aromatic heterocycles. The quantitative estimate of drug-likeness (QED) is 0.916. The van der Waals surface area contributed by atoms with Crippen LogP contribution >= 0.6 is 11.6 Å². The third-order valence-corrected chi connectivity index (χ3v) is 4.33. The van der Waals surface area contributed by atoms with Crippen molar-refractivity contribution < 1.29 is 9.18 Å². The molecule has 2 aromatic rings. The fourth-order valence-corrected chi connectivity index (χ4v) is 2.82. The Kier molecular flexibility index (Phi) is 5.33. The molecule has 1 aliphatic rings. The van der Waals surface area contributed by atoms with Gasteiger partial charge in [-0.1, -0.05) is 23.7 Å². The fourth-order valence-electron chi connectivity index (χ4n) is 2.69. The third-order valence-electron chi connectivity index (χ3n) is 4.07. The highest BCUT2D eigenvalue weighted by Crippen LogP contribution is 2.14. The lowest BCUT2D eigenvalue weighted by molar-refractivity contribution is 0.143. The number of urea groups is 1. The van der Waals surface area contributed by atoms with E-state index in [0.29, 0.717) is 18.8 Å². The van der Waals surface area contributed by atoms with E-state index in [1.54, 1.807) is 17.0 Å². The number of hydrogen-bond donors (Lipinski definition) is 1. The zero-order chi connectivity index (χ0) is 16.9. The van der Waals surface area contributed by atoms with E-state index in [-0.39, 0.29) is 11.8 Å². The van der Waals surface area contributed by atoms with Crippen LogP contribution in [-0.2, 0) is 6.54 Å². The average molecular weight is 348 g/mol. The summed E-state index contributed by atoms with van der Waals surface area (Å²) in [7, 11) is 0. The maximum absolute atomic E-state index is 12.9. The molecule has 6 heteroatoms. The lowest BCUT2D eigenvalue weighted by atomic mass is 10.2. The Morgan fingerprint density at radius 2 is 1.62 bits per heavy atom. The number of nitrogens with one attached hydrogen (secondary N) is 1. The molecule has 0 atom stereocenters. The summed E-state index contributed by atoms with van der Waals surface area (Å²) in [4.78, 5) is 16.3. The number of anilines is 1. The van der Waals surface area contributed by atoms with Gasteiger partial charge >= 0.3 is 6.03 Å². The van der Waals surface area contributed by atoms with Crippen molar-refractivity contribution in [2.45, 2.75) is 6.54 Å². The van der Waals surface area contributed by atoms with E-state index in [9.17, 15) is 9.18 Å². The van der Waals surface area contributed by atoms with Gasteiger partial charge in [-0.3, -0.25) is 4.90 Å². The average Bonchev–Trinajstić information content (AvgIpc) is 2.59. The Hall–Kier alpha value is -2.11. The number of amides is 2. The summed E-state index contributed by atoms with van der Waals surface area (Å²) in [6, 6.07) is 13.5. The molecular weight excluding hydrogens is 329 g/mol. The SMILES string of the molecule is O=C(Nc1ccc(F)cc1)N1CCN(Cc2ccc(Cl)cc2)CC1. The van der Waals surface area contributed by atoms with E-state index >= 15 is 0 Å². The molecule has 2 amide bonds. The lowest BCUT2D eigenvalue weighted by Crippen LogP contribution is -2.49. The van der Waals surface area contributed by atoms with Gasteiger partial charge in [-0.05, 0) is 42.0 Å². The Bertz CT molecular complexity index is 682. The molecule has 1 heterocycles. The van der Waals surface area contributed by atoms with Crippen LogP contribution < -0.4 is 5.32 Å². The summed E-state index contributed by atoms with van der Waals surface area (Å²) in [6.45, 7) is 3.82. The number of piperazine rings is 1. The Morgan fingerprint density at radius 1 is 1.00 bits per heavy atom. The second-order valence-electron chi connectivity index (χ2n) is 5.83. The molecule has 0 radical (unpaired) electrons. The van der Waals surface area contributed by atoms with Crippen molar-refractivity contribution in [2.24, 2.45) is 0 Å². The minimum Gasteiger partial charge on any atom is -0.322 e. The molecule has 2 aromatic carbocycles. The Labute approximate surface area is 145 Å². The van der Waals surface area contributed by atoms with Crippen molar-refractivity contribution in [3.63, 3.8) is 0 Å². The number of benzene rings is 2. The van der Waals surface area contributed by atoms with Crippen LogP contribution in [0.2, 0.25) is 5.02 Å². The van der Waals surface area contributed by atoms with Gasteiger partial charge in [0.05, 0.1) is 0 Å². The summed E-state index contributed by atoms with van der Waals surface area (Å²) in [5.74, 6) is -0.316. The smallest absolute Gasteiger partial charge is 0.321 e. The number of halogens is 2. The normalized spacial score (nSPS) is 15.3. The van der Waals surface area contributed by atoms with Crippen LogP contribution in [0, 0.1) is 5.82 Å². The topological polar surface area (TPSA) is 35.6 Å². The van der Waals surface area contributed by atoms with E-state index in [1.807, 2.05) is 24.3 Å². The molecule has 0 aliphatic carbocycles. The standard InChI is InChI=1S/C18H19ClFN3O/c19-15-3-1-14(2-4-15)13-22-9-11-23(12-10-22)18(24)21-17-7-5-16(20)6-8-17/h1-8H,9-13H2,(H,21,24). The van der Waals surface area contributed by atoms with Gasteiger partial charge in [0.1, 0.15) is 5.82 Å². The molecule has 3 rings (SSSR count). The Balaban J connectivity index is 1.48. The minimum atomic E-state index is -0.316. The maximum Gasteiger partial charge on any atom is 0.321 e. The fraction of sp³-hybridized carbons (Fsp3) is 0.278. The number of rotatable bonds is 3. The third kappa shape index (κ3) is 4.46. The predicted octanol–water partition coefficient (Wildman–Crippen LogP) is 3.83. The molecule has 0 saturated carbocycles. The summed E-state index contributed by atoms with van der Waals surface area (Å²) >= 11 is 5.90. The van der Waals surface area contributed by atoms with Crippen LogP contribution in [0.15, 0.2) is 48.5 Å². The highest BCUT2D eigenvalue weighted by molar-refractivity contribution is 6.30. The van der Waals surface area contributed by atoms with Gasteiger partial charge in [0.25, 0.3) is 0 Å². The van der Waals surface area contributed by atoms with Crippen LogP contribution in [0.3, 0.4) is 0 Å². The monoisotopic (exact) mass is 347 g/mol. The van der Waals surface area contributed by atoms with Crippen LogP contribution in [0.5, 0.6) is 0 Å². The van der Waals surface area contributed by atoms with Crippen molar-refractivity contribution in [3.8, 4) is 0 Å². The molecule has 126 valence electrons. The number of carbonyl (C=O) groups excluding carboxylic acids is 1. The van der Waals surface area contributed by atoms with Gasteiger partial charge in [0.2, 0.25) is 0 Å². The van der Waals surface area contributed by atoms with Gasteiger partial charge in [-0.15, -0.1) is 0 Å². The van der Waals surface area contributed by atoms with Crippen LogP contribution in [0.4, 0.5) is 14.9 Å². The van der Waals surface area contributed by atoms with Crippen molar-refractivity contribution in [2.75, 3.05) is 31.5 Å². The van der Waals surface area contributed by atoms with Crippen LogP contribution in [0.1, 0.15) is 5.56 Å². The number of hydrogen-bond acceptors (Lipinski definition) is 2. The molecule has 24 heavy (non-hydrogen) atoms. The molecule has 1 N–H and O–H groups in total.